The van der Waals surface area contributed by atoms with Crippen LogP contribution < -0.4 is 4.90 Å². The van der Waals surface area contributed by atoms with Gasteiger partial charge in [-0.15, -0.1) is 11.3 Å². The highest BCUT2D eigenvalue weighted by atomic mass is 32.1. The second kappa shape index (κ2) is 5.79. The Morgan fingerprint density at radius 1 is 1.50 bits per heavy atom. The predicted molar refractivity (Wildman–Crippen MR) is 77.4 cm³/mol. The van der Waals surface area contributed by atoms with Gasteiger partial charge in [0.25, 0.3) is 5.69 Å². The molecule has 104 valence electrons. The minimum absolute atomic E-state index is 0.0776. The lowest BCUT2D eigenvalue weighted by Gasteiger charge is -2.18. The molecule has 0 aliphatic heterocycles. The first-order valence-corrected chi connectivity index (χ1v) is 6.75. The number of hydrogen-bond acceptors (Lipinski definition) is 6. The fraction of sp³-hybridized carbons (Fsp3) is 0.231. The number of aryl methyl sites for hydroxylation is 1. The van der Waals surface area contributed by atoms with Gasteiger partial charge in [0.15, 0.2) is 6.29 Å². The fourth-order valence-corrected chi connectivity index (χ4v) is 2.46. The molecule has 2 aromatic rings. The average Bonchev–Trinajstić information content (AvgIpc) is 2.83. The number of nitro benzene ring substituents is 1. The molecule has 0 N–H and O–H groups in total. The number of aldehydes is 1. The van der Waals surface area contributed by atoms with Gasteiger partial charge >= 0.3 is 0 Å². The van der Waals surface area contributed by atoms with Crippen molar-refractivity contribution in [2.75, 3.05) is 11.9 Å². The van der Waals surface area contributed by atoms with Crippen LogP contribution in [0.5, 0.6) is 0 Å². The third-order valence-electron chi connectivity index (χ3n) is 2.84. The second-order valence-corrected chi connectivity index (χ2v) is 5.39. The van der Waals surface area contributed by atoms with Crippen molar-refractivity contribution in [3.05, 3.63) is 50.0 Å². The molecule has 6 nitrogen and oxygen atoms in total. The normalized spacial score (nSPS) is 10.3. The zero-order chi connectivity index (χ0) is 14.7. The third kappa shape index (κ3) is 3.00. The Balaban J connectivity index is 2.24. The number of rotatable bonds is 5. The Kier molecular flexibility index (Phi) is 4.09. The first-order valence-electron chi connectivity index (χ1n) is 5.87. The van der Waals surface area contributed by atoms with E-state index in [2.05, 4.69) is 4.98 Å². The van der Waals surface area contributed by atoms with Gasteiger partial charge in [0.05, 0.1) is 27.7 Å². The van der Waals surface area contributed by atoms with E-state index in [0.717, 1.165) is 16.4 Å². The van der Waals surface area contributed by atoms with Gasteiger partial charge in [-0.2, -0.15) is 0 Å². The SMILES string of the molecule is Cc1nc(CN(C)c2ccc([N+](=O)[O-])c(C=O)c2)cs1. The molecule has 1 aromatic heterocycles. The summed E-state index contributed by atoms with van der Waals surface area (Å²) in [6.45, 7) is 2.52. The fourth-order valence-electron chi connectivity index (χ4n) is 1.86. The summed E-state index contributed by atoms with van der Waals surface area (Å²) < 4.78 is 0. The van der Waals surface area contributed by atoms with Crippen LogP contribution in [0.4, 0.5) is 11.4 Å². The zero-order valence-corrected chi connectivity index (χ0v) is 11.9. The van der Waals surface area contributed by atoms with E-state index in [1.54, 1.807) is 17.4 Å². The summed E-state index contributed by atoms with van der Waals surface area (Å²) in [5, 5.41) is 13.7. The van der Waals surface area contributed by atoms with Crippen LogP contribution >= 0.6 is 11.3 Å². The molecule has 0 amide bonds. The molecule has 0 spiro atoms. The number of nitrogens with zero attached hydrogens (tertiary/aromatic N) is 3. The van der Waals surface area contributed by atoms with E-state index in [1.807, 2.05) is 24.3 Å². The molecular weight excluding hydrogens is 278 g/mol. The topological polar surface area (TPSA) is 76.3 Å². The number of carbonyl (C=O) groups excluding carboxylic acids is 1. The van der Waals surface area contributed by atoms with E-state index >= 15 is 0 Å². The van der Waals surface area contributed by atoms with Crippen molar-refractivity contribution in [3.8, 4) is 0 Å². The molecular formula is C13H13N3O3S. The van der Waals surface area contributed by atoms with Gasteiger partial charge in [-0.1, -0.05) is 0 Å². The lowest BCUT2D eigenvalue weighted by Crippen LogP contribution is -2.17. The Labute approximate surface area is 119 Å². The van der Waals surface area contributed by atoms with E-state index in [9.17, 15) is 14.9 Å². The molecule has 7 heteroatoms. The molecule has 0 saturated carbocycles. The maximum Gasteiger partial charge on any atom is 0.280 e. The largest absolute Gasteiger partial charge is 0.369 e. The van der Waals surface area contributed by atoms with Crippen molar-refractivity contribution < 1.29 is 9.72 Å². The summed E-state index contributed by atoms with van der Waals surface area (Å²) in [5.74, 6) is 0. The Morgan fingerprint density at radius 3 is 2.80 bits per heavy atom. The first kappa shape index (κ1) is 14.1. The van der Waals surface area contributed by atoms with Gasteiger partial charge < -0.3 is 4.90 Å². The first-order chi connectivity index (χ1) is 9.51. The summed E-state index contributed by atoms with van der Waals surface area (Å²) in [6, 6.07) is 4.50. The quantitative estimate of drug-likeness (QED) is 0.481. The number of anilines is 1. The van der Waals surface area contributed by atoms with Crippen LogP contribution in [0.2, 0.25) is 0 Å². The smallest absolute Gasteiger partial charge is 0.280 e. The van der Waals surface area contributed by atoms with Crippen LogP contribution in [-0.4, -0.2) is 23.2 Å². The highest BCUT2D eigenvalue weighted by Gasteiger charge is 2.15. The van der Waals surface area contributed by atoms with Crippen molar-refractivity contribution in [2.45, 2.75) is 13.5 Å². The Hall–Kier alpha value is -2.28. The molecule has 0 bridgehead atoms. The van der Waals surface area contributed by atoms with Gasteiger partial charge in [0, 0.05) is 24.2 Å². The maximum atomic E-state index is 10.9. The van der Waals surface area contributed by atoms with E-state index in [-0.39, 0.29) is 11.3 Å². The molecule has 0 saturated heterocycles. The number of carbonyl (C=O) groups is 1. The van der Waals surface area contributed by atoms with Crippen LogP contribution in [0.1, 0.15) is 21.1 Å². The van der Waals surface area contributed by atoms with Crippen molar-refractivity contribution in [1.82, 2.24) is 4.98 Å². The van der Waals surface area contributed by atoms with Gasteiger partial charge in [0.1, 0.15) is 0 Å². The Morgan fingerprint density at radius 2 is 2.25 bits per heavy atom. The summed E-state index contributed by atoms with van der Waals surface area (Å²) in [6.07, 6.45) is 0.502. The molecule has 2 rings (SSSR count). The maximum absolute atomic E-state index is 10.9. The summed E-state index contributed by atoms with van der Waals surface area (Å²) in [7, 11) is 1.85. The summed E-state index contributed by atoms with van der Waals surface area (Å²) in [4.78, 5) is 27.4. The molecule has 1 aromatic carbocycles. The minimum Gasteiger partial charge on any atom is -0.369 e. The molecule has 1 heterocycles. The molecule has 0 atom stereocenters. The van der Waals surface area contributed by atoms with E-state index in [0.29, 0.717) is 12.8 Å². The molecule has 0 aliphatic rings. The summed E-state index contributed by atoms with van der Waals surface area (Å²) in [5.41, 5.74) is 1.57. The van der Waals surface area contributed by atoms with Crippen LogP contribution in [0.3, 0.4) is 0 Å². The second-order valence-electron chi connectivity index (χ2n) is 4.33. The predicted octanol–water partition coefficient (Wildman–Crippen LogP) is 2.81. The minimum atomic E-state index is -0.558. The van der Waals surface area contributed by atoms with Gasteiger partial charge in [-0.05, 0) is 19.1 Å². The number of aromatic nitrogens is 1. The molecule has 0 unspecified atom stereocenters. The van der Waals surface area contributed by atoms with Crippen molar-refractivity contribution in [3.63, 3.8) is 0 Å². The summed E-state index contributed by atoms with van der Waals surface area (Å²) >= 11 is 1.57. The van der Waals surface area contributed by atoms with E-state index in [1.165, 1.54) is 12.1 Å². The lowest BCUT2D eigenvalue weighted by atomic mass is 10.1. The standard InChI is InChI=1S/C13H13N3O3S/c1-9-14-11(8-20-9)6-15(2)12-3-4-13(16(18)19)10(5-12)7-17/h3-5,7-8H,6H2,1-2H3. The van der Waals surface area contributed by atoms with Crippen LogP contribution in [0, 0.1) is 17.0 Å². The van der Waals surface area contributed by atoms with Gasteiger partial charge in [-0.3, -0.25) is 14.9 Å². The van der Waals surface area contributed by atoms with Gasteiger partial charge in [0.2, 0.25) is 0 Å². The van der Waals surface area contributed by atoms with Crippen LogP contribution in [0.25, 0.3) is 0 Å². The van der Waals surface area contributed by atoms with Crippen LogP contribution in [0.15, 0.2) is 23.6 Å². The number of hydrogen-bond donors (Lipinski definition) is 0. The van der Waals surface area contributed by atoms with E-state index in [4.69, 9.17) is 0 Å². The van der Waals surface area contributed by atoms with Crippen molar-refractivity contribution in [1.29, 1.82) is 0 Å². The van der Waals surface area contributed by atoms with Crippen molar-refractivity contribution >= 4 is 29.0 Å². The Bertz CT molecular complexity index is 654. The van der Waals surface area contributed by atoms with Crippen molar-refractivity contribution in [2.24, 2.45) is 0 Å². The lowest BCUT2D eigenvalue weighted by molar-refractivity contribution is -0.385. The average molecular weight is 291 g/mol. The monoisotopic (exact) mass is 291 g/mol. The molecule has 20 heavy (non-hydrogen) atoms. The zero-order valence-electron chi connectivity index (χ0n) is 11.1. The molecule has 0 fully saturated rings. The molecule has 0 aliphatic carbocycles. The number of nitro groups is 1. The highest BCUT2D eigenvalue weighted by Crippen LogP contribution is 2.24. The van der Waals surface area contributed by atoms with Gasteiger partial charge in [-0.25, -0.2) is 4.98 Å². The van der Waals surface area contributed by atoms with E-state index < -0.39 is 4.92 Å². The number of thiazole rings is 1. The number of benzene rings is 1. The third-order valence-corrected chi connectivity index (χ3v) is 3.66. The molecule has 0 radical (unpaired) electrons. The van der Waals surface area contributed by atoms with Crippen LogP contribution in [-0.2, 0) is 6.54 Å². The highest BCUT2D eigenvalue weighted by molar-refractivity contribution is 7.09.